The second-order valence-electron chi connectivity index (χ2n) is 3.29. The number of aryl methyl sites for hydroxylation is 1. The van der Waals surface area contributed by atoms with Crippen LogP contribution in [0.3, 0.4) is 0 Å². The Kier molecular flexibility index (Phi) is 2.91. The highest BCUT2D eigenvalue weighted by Crippen LogP contribution is 2.14. The molecule has 0 fully saturated rings. The van der Waals surface area contributed by atoms with Gasteiger partial charge in [-0.25, -0.2) is 4.98 Å². The minimum absolute atomic E-state index is 0.590. The average Bonchev–Trinajstić information content (AvgIpc) is 2.67. The monoisotopic (exact) mass is 220 g/mol. The maximum atomic E-state index is 5.00. The summed E-state index contributed by atoms with van der Waals surface area (Å²) in [6.45, 7) is 3.06. The van der Waals surface area contributed by atoms with Crippen molar-refractivity contribution < 1.29 is 0 Å². The summed E-state index contributed by atoms with van der Waals surface area (Å²) in [6, 6.07) is 1.84. The van der Waals surface area contributed by atoms with Gasteiger partial charge in [0.15, 0.2) is 0 Å². The lowest BCUT2D eigenvalue weighted by Crippen LogP contribution is -1.95. The minimum Gasteiger partial charge on any atom is -0.346 e. The Morgan fingerprint density at radius 1 is 1.53 bits per heavy atom. The Morgan fingerprint density at radius 3 is 3.13 bits per heavy atom. The first-order chi connectivity index (χ1) is 7.29. The van der Waals surface area contributed by atoms with Crippen molar-refractivity contribution in [1.82, 2.24) is 19.7 Å². The van der Waals surface area contributed by atoms with Gasteiger partial charge >= 0.3 is 0 Å². The van der Waals surface area contributed by atoms with Crippen LogP contribution < -0.4 is 0 Å². The number of aromatic amines is 1. The number of nitrogens with zero attached hydrogens (tertiary/aromatic N) is 3. The topological polar surface area (TPSA) is 46.5 Å². The predicted molar refractivity (Wildman–Crippen MR) is 60.9 cm³/mol. The van der Waals surface area contributed by atoms with Crippen molar-refractivity contribution in [1.29, 1.82) is 0 Å². The summed E-state index contributed by atoms with van der Waals surface area (Å²) < 4.78 is 2.51. The van der Waals surface area contributed by atoms with Gasteiger partial charge in [0.2, 0.25) is 0 Å². The summed E-state index contributed by atoms with van der Waals surface area (Å²) in [7, 11) is 0. The van der Waals surface area contributed by atoms with Crippen LogP contribution in [-0.2, 0) is 6.54 Å². The molecule has 0 atom stereocenters. The Morgan fingerprint density at radius 2 is 2.40 bits per heavy atom. The molecule has 0 bridgehead atoms. The summed E-state index contributed by atoms with van der Waals surface area (Å²) in [6.07, 6.45) is 6.52. The van der Waals surface area contributed by atoms with E-state index >= 15 is 0 Å². The van der Waals surface area contributed by atoms with Crippen LogP contribution in [0.1, 0.15) is 13.3 Å². The van der Waals surface area contributed by atoms with Gasteiger partial charge in [-0.3, -0.25) is 4.68 Å². The first kappa shape index (κ1) is 10.0. The van der Waals surface area contributed by atoms with Gasteiger partial charge < -0.3 is 4.98 Å². The molecule has 0 amide bonds. The van der Waals surface area contributed by atoms with Crippen LogP contribution in [0.2, 0.25) is 0 Å². The third-order valence-corrected chi connectivity index (χ3v) is 2.30. The summed E-state index contributed by atoms with van der Waals surface area (Å²) in [5, 5.41) is 4.25. The second kappa shape index (κ2) is 4.35. The van der Waals surface area contributed by atoms with Gasteiger partial charge in [-0.1, -0.05) is 19.1 Å². The van der Waals surface area contributed by atoms with Gasteiger partial charge in [0.1, 0.15) is 4.64 Å². The van der Waals surface area contributed by atoms with Crippen molar-refractivity contribution in [2.75, 3.05) is 0 Å². The molecule has 2 heterocycles. The van der Waals surface area contributed by atoms with Gasteiger partial charge in [0.05, 0.1) is 18.2 Å². The van der Waals surface area contributed by atoms with E-state index in [1.807, 2.05) is 23.1 Å². The number of hydrogen-bond acceptors (Lipinski definition) is 3. The number of H-pyrrole nitrogens is 1. The normalized spacial score (nSPS) is 10.5. The van der Waals surface area contributed by atoms with E-state index in [0.29, 0.717) is 4.64 Å². The molecule has 0 aliphatic carbocycles. The SMILES string of the molecule is CCCn1cc(-c2cc(=S)nc[nH]2)cn1. The lowest BCUT2D eigenvalue weighted by molar-refractivity contribution is 0.603. The van der Waals surface area contributed by atoms with E-state index < -0.39 is 0 Å². The van der Waals surface area contributed by atoms with E-state index in [1.54, 1.807) is 6.33 Å². The van der Waals surface area contributed by atoms with Gasteiger partial charge in [0, 0.05) is 18.3 Å². The zero-order chi connectivity index (χ0) is 10.7. The van der Waals surface area contributed by atoms with Crippen LogP contribution in [-0.4, -0.2) is 19.7 Å². The lowest BCUT2D eigenvalue weighted by Gasteiger charge is -1.96. The van der Waals surface area contributed by atoms with E-state index in [4.69, 9.17) is 12.2 Å². The molecule has 2 rings (SSSR count). The zero-order valence-corrected chi connectivity index (χ0v) is 9.29. The van der Waals surface area contributed by atoms with E-state index in [2.05, 4.69) is 22.0 Å². The summed E-state index contributed by atoms with van der Waals surface area (Å²) in [5.74, 6) is 0. The predicted octanol–water partition coefficient (Wildman–Crippen LogP) is 2.41. The van der Waals surface area contributed by atoms with Crippen molar-refractivity contribution in [2.24, 2.45) is 0 Å². The Balaban J connectivity index is 2.33. The van der Waals surface area contributed by atoms with Crippen molar-refractivity contribution in [2.45, 2.75) is 19.9 Å². The molecule has 1 N–H and O–H groups in total. The van der Waals surface area contributed by atoms with Crippen molar-refractivity contribution >= 4 is 12.2 Å². The molecule has 0 aliphatic heterocycles. The fourth-order valence-corrected chi connectivity index (χ4v) is 1.56. The molecule has 0 spiro atoms. The first-order valence-electron chi connectivity index (χ1n) is 4.87. The molecule has 0 aromatic carbocycles. The minimum atomic E-state index is 0.590. The largest absolute Gasteiger partial charge is 0.346 e. The smallest absolute Gasteiger partial charge is 0.130 e. The fourth-order valence-electron chi connectivity index (χ4n) is 1.39. The molecule has 2 aromatic rings. The lowest BCUT2D eigenvalue weighted by atomic mass is 10.2. The van der Waals surface area contributed by atoms with Gasteiger partial charge in [-0.05, 0) is 12.5 Å². The van der Waals surface area contributed by atoms with E-state index in [9.17, 15) is 0 Å². The third-order valence-electron chi connectivity index (χ3n) is 2.08. The van der Waals surface area contributed by atoms with Gasteiger partial charge in [0.25, 0.3) is 0 Å². The number of rotatable bonds is 3. The number of nitrogens with one attached hydrogen (secondary N) is 1. The van der Waals surface area contributed by atoms with Crippen molar-refractivity contribution in [3.8, 4) is 11.3 Å². The maximum Gasteiger partial charge on any atom is 0.130 e. The average molecular weight is 220 g/mol. The fraction of sp³-hybridized carbons (Fsp3) is 0.300. The third kappa shape index (κ3) is 2.30. The summed E-state index contributed by atoms with van der Waals surface area (Å²) in [5.41, 5.74) is 1.99. The van der Waals surface area contributed by atoms with Crippen LogP contribution in [0.4, 0.5) is 0 Å². The summed E-state index contributed by atoms with van der Waals surface area (Å²) in [4.78, 5) is 6.99. The molecule has 4 nitrogen and oxygen atoms in total. The second-order valence-corrected chi connectivity index (χ2v) is 3.71. The van der Waals surface area contributed by atoms with E-state index in [-0.39, 0.29) is 0 Å². The molecule has 2 aromatic heterocycles. The van der Waals surface area contributed by atoms with Crippen LogP contribution >= 0.6 is 12.2 Å². The highest BCUT2D eigenvalue weighted by molar-refractivity contribution is 7.71. The van der Waals surface area contributed by atoms with E-state index in [1.165, 1.54) is 0 Å². The van der Waals surface area contributed by atoms with Crippen LogP contribution in [0.5, 0.6) is 0 Å². The van der Waals surface area contributed by atoms with Crippen LogP contribution in [0.25, 0.3) is 11.3 Å². The van der Waals surface area contributed by atoms with Crippen molar-refractivity contribution in [3.05, 3.63) is 29.4 Å². The Bertz CT molecular complexity index is 500. The Labute approximate surface area is 93.0 Å². The van der Waals surface area contributed by atoms with Gasteiger partial charge in [-0.2, -0.15) is 5.10 Å². The van der Waals surface area contributed by atoms with Gasteiger partial charge in [-0.15, -0.1) is 0 Å². The Hall–Kier alpha value is -1.49. The molecular weight excluding hydrogens is 208 g/mol. The molecule has 0 aliphatic rings. The molecule has 0 unspecified atom stereocenters. The zero-order valence-electron chi connectivity index (χ0n) is 8.47. The molecule has 15 heavy (non-hydrogen) atoms. The highest BCUT2D eigenvalue weighted by atomic mass is 32.1. The molecular formula is C10H12N4S. The van der Waals surface area contributed by atoms with Crippen LogP contribution in [0, 0.1) is 4.64 Å². The molecule has 5 heteroatoms. The highest BCUT2D eigenvalue weighted by Gasteiger charge is 2.01. The molecule has 0 saturated carbocycles. The first-order valence-corrected chi connectivity index (χ1v) is 5.28. The molecule has 78 valence electrons. The van der Waals surface area contributed by atoms with Crippen LogP contribution in [0.15, 0.2) is 24.8 Å². The number of hydrogen-bond donors (Lipinski definition) is 1. The van der Waals surface area contributed by atoms with E-state index in [0.717, 1.165) is 24.2 Å². The molecule has 0 saturated heterocycles. The standard InChI is InChI=1S/C10H12N4S/c1-2-3-14-6-8(5-13-14)9-4-10(15)12-7-11-9/h4-7H,2-3H2,1H3,(H,11,12,15). The maximum absolute atomic E-state index is 5.00. The number of aromatic nitrogens is 4. The summed E-state index contributed by atoms with van der Waals surface area (Å²) >= 11 is 5.00. The van der Waals surface area contributed by atoms with Crippen molar-refractivity contribution in [3.63, 3.8) is 0 Å². The quantitative estimate of drug-likeness (QED) is 0.808. The molecule has 0 radical (unpaired) electrons.